The van der Waals surface area contributed by atoms with Crippen molar-refractivity contribution >= 4 is 5.69 Å². The maximum atomic E-state index is 9.22. The van der Waals surface area contributed by atoms with Crippen LogP contribution in [0.3, 0.4) is 0 Å². The van der Waals surface area contributed by atoms with E-state index in [4.69, 9.17) is 0 Å². The lowest BCUT2D eigenvalue weighted by molar-refractivity contribution is 0.281. The molecule has 0 fully saturated rings. The van der Waals surface area contributed by atoms with Gasteiger partial charge < -0.3 is 10.0 Å². The van der Waals surface area contributed by atoms with Gasteiger partial charge in [0.25, 0.3) is 0 Å². The van der Waals surface area contributed by atoms with E-state index < -0.39 is 0 Å². The van der Waals surface area contributed by atoms with Crippen molar-refractivity contribution in [1.82, 2.24) is 0 Å². The molecule has 3 rings (SSSR count). The number of anilines is 1. The van der Waals surface area contributed by atoms with Crippen LogP contribution in [-0.4, -0.2) is 11.1 Å². The van der Waals surface area contributed by atoms with Gasteiger partial charge in [-0.05, 0) is 36.1 Å². The molecule has 0 aliphatic carbocycles. The standard InChI is InChI=1S/C17H19NO/c1-13-9-16-7-2-3-8-17(16)18(13)11-14-5-4-6-15(10-14)12-19/h2-8,10,13,19H,9,11-12H2,1H3. The van der Waals surface area contributed by atoms with E-state index in [1.807, 2.05) is 12.1 Å². The molecule has 19 heavy (non-hydrogen) atoms. The summed E-state index contributed by atoms with van der Waals surface area (Å²) in [6, 6.07) is 17.4. The summed E-state index contributed by atoms with van der Waals surface area (Å²) in [6.07, 6.45) is 1.12. The highest BCUT2D eigenvalue weighted by Crippen LogP contribution is 2.33. The van der Waals surface area contributed by atoms with Crippen LogP contribution in [0.4, 0.5) is 5.69 Å². The lowest BCUT2D eigenvalue weighted by Gasteiger charge is -2.25. The Morgan fingerprint density at radius 2 is 1.89 bits per heavy atom. The Hall–Kier alpha value is -1.80. The van der Waals surface area contributed by atoms with Crippen LogP contribution in [0.25, 0.3) is 0 Å². The number of para-hydroxylation sites is 1. The maximum absolute atomic E-state index is 9.22. The van der Waals surface area contributed by atoms with E-state index in [1.54, 1.807) is 0 Å². The van der Waals surface area contributed by atoms with E-state index in [9.17, 15) is 5.11 Å². The van der Waals surface area contributed by atoms with E-state index in [0.717, 1.165) is 18.5 Å². The summed E-state index contributed by atoms with van der Waals surface area (Å²) in [5, 5.41) is 9.22. The molecule has 1 heterocycles. The van der Waals surface area contributed by atoms with Gasteiger partial charge in [-0.25, -0.2) is 0 Å². The molecule has 2 nitrogen and oxygen atoms in total. The van der Waals surface area contributed by atoms with E-state index in [2.05, 4.69) is 48.2 Å². The minimum atomic E-state index is 0.111. The van der Waals surface area contributed by atoms with Gasteiger partial charge in [0, 0.05) is 18.3 Å². The van der Waals surface area contributed by atoms with E-state index in [-0.39, 0.29) is 6.61 Å². The molecular weight excluding hydrogens is 234 g/mol. The molecule has 0 saturated carbocycles. The molecule has 98 valence electrons. The molecule has 1 atom stereocenters. The highest BCUT2D eigenvalue weighted by molar-refractivity contribution is 5.59. The average Bonchev–Trinajstić information content (AvgIpc) is 2.76. The Morgan fingerprint density at radius 1 is 1.11 bits per heavy atom. The Bertz CT molecular complexity index is 579. The van der Waals surface area contributed by atoms with Crippen LogP contribution in [-0.2, 0) is 19.6 Å². The minimum Gasteiger partial charge on any atom is -0.392 e. The first-order valence-electron chi connectivity index (χ1n) is 6.81. The number of fused-ring (bicyclic) bond motifs is 1. The number of rotatable bonds is 3. The first-order chi connectivity index (χ1) is 9.28. The third-order valence-corrected chi connectivity index (χ3v) is 3.88. The molecule has 1 unspecified atom stereocenters. The number of hydrogen-bond acceptors (Lipinski definition) is 2. The highest BCUT2D eigenvalue weighted by Gasteiger charge is 2.25. The molecule has 2 heteroatoms. The molecule has 0 spiro atoms. The summed E-state index contributed by atoms with van der Waals surface area (Å²) in [6.45, 7) is 3.29. The van der Waals surface area contributed by atoms with Gasteiger partial charge in [0.2, 0.25) is 0 Å². The summed E-state index contributed by atoms with van der Waals surface area (Å²) in [5.41, 5.74) is 5.03. The molecule has 0 radical (unpaired) electrons. The molecular formula is C17H19NO. The fourth-order valence-corrected chi connectivity index (χ4v) is 2.89. The van der Waals surface area contributed by atoms with Gasteiger partial charge in [-0.1, -0.05) is 42.5 Å². The van der Waals surface area contributed by atoms with Crippen LogP contribution in [0, 0.1) is 0 Å². The van der Waals surface area contributed by atoms with E-state index >= 15 is 0 Å². The van der Waals surface area contributed by atoms with Gasteiger partial charge in [0.15, 0.2) is 0 Å². The monoisotopic (exact) mass is 253 g/mol. The second-order valence-corrected chi connectivity index (χ2v) is 5.29. The van der Waals surface area contributed by atoms with Crippen LogP contribution < -0.4 is 4.90 Å². The van der Waals surface area contributed by atoms with Crippen LogP contribution in [0.2, 0.25) is 0 Å². The van der Waals surface area contributed by atoms with Crippen LogP contribution >= 0.6 is 0 Å². The topological polar surface area (TPSA) is 23.5 Å². The van der Waals surface area contributed by atoms with Crippen molar-refractivity contribution in [3.05, 3.63) is 65.2 Å². The predicted molar refractivity (Wildman–Crippen MR) is 78.2 cm³/mol. The average molecular weight is 253 g/mol. The molecule has 0 amide bonds. The molecule has 2 aromatic carbocycles. The van der Waals surface area contributed by atoms with Crippen molar-refractivity contribution in [2.24, 2.45) is 0 Å². The maximum Gasteiger partial charge on any atom is 0.0681 e. The van der Waals surface area contributed by atoms with Gasteiger partial charge in [-0.15, -0.1) is 0 Å². The van der Waals surface area contributed by atoms with Gasteiger partial charge >= 0.3 is 0 Å². The molecule has 0 saturated heterocycles. The summed E-state index contributed by atoms with van der Waals surface area (Å²) >= 11 is 0. The van der Waals surface area contributed by atoms with Crippen molar-refractivity contribution in [3.8, 4) is 0 Å². The zero-order valence-corrected chi connectivity index (χ0v) is 11.2. The van der Waals surface area contributed by atoms with Crippen molar-refractivity contribution < 1.29 is 5.11 Å². The van der Waals surface area contributed by atoms with Gasteiger partial charge in [0.1, 0.15) is 0 Å². The summed E-state index contributed by atoms with van der Waals surface area (Å²) in [5.74, 6) is 0. The Balaban J connectivity index is 1.87. The van der Waals surface area contributed by atoms with Crippen molar-refractivity contribution in [2.45, 2.75) is 32.5 Å². The molecule has 1 aliphatic rings. The number of nitrogens with zero attached hydrogens (tertiary/aromatic N) is 1. The molecule has 2 aromatic rings. The van der Waals surface area contributed by atoms with Crippen LogP contribution in [0.5, 0.6) is 0 Å². The minimum absolute atomic E-state index is 0.111. The lowest BCUT2D eigenvalue weighted by Crippen LogP contribution is -2.28. The van der Waals surface area contributed by atoms with Gasteiger partial charge in [-0.3, -0.25) is 0 Å². The van der Waals surface area contributed by atoms with Crippen molar-refractivity contribution in [3.63, 3.8) is 0 Å². The largest absolute Gasteiger partial charge is 0.392 e. The molecule has 0 bridgehead atoms. The van der Waals surface area contributed by atoms with Crippen LogP contribution in [0.1, 0.15) is 23.6 Å². The highest BCUT2D eigenvalue weighted by atomic mass is 16.3. The molecule has 0 aromatic heterocycles. The third-order valence-electron chi connectivity index (χ3n) is 3.88. The number of aliphatic hydroxyl groups excluding tert-OH is 1. The van der Waals surface area contributed by atoms with E-state index in [0.29, 0.717) is 6.04 Å². The van der Waals surface area contributed by atoms with Crippen molar-refractivity contribution in [1.29, 1.82) is 0 Å². The Morgan fingerprint density at radius 3 is 2.74 bits per heavy atom. The summed E-state index contributed by atoms with van der Waals surface area (Å²) in [4.78, 5) is 2.45. The smallest absolute Gasteiger partial charge is 0.0681 e. The van der Waals surface area contributed by atoms with Gasteiger partial charge in [-0.2, -0.15) is 0 Å². The Labute approximate surface area is 114 Å². The zero-order valence-electron chi connectivity index (χ0n) is 11.2. The first-order valence-corrected chi connectivity index (χ1v) is 6.81. The van der Waals surface area contributed by atoms with Crippen LogP contribution in [0.15, 0.2) is 48.5 Å². The number of benzene rings is 2. The zero-order chi connectivity index (χ0) is 13.2. The van der Waals surface area contributed by atoms with Gasteiger partial charge in [0.05, 0.1) is 6.61 Å². The third kappa shape index (κ3) is 2.36. The fraction of sp³-hybridized carbons (Fsp3) is 0.294. The molecule has 1 aliphatic heterocycles. The van der Waals surface area contributed by atoms with Crippen molar-refractivity contribution in [2.75, 3.05) is 4.90 Å². The van der Waals surface area contributed by atoms with E-state index in [1.165, 1.54) is 16.8 Å². The normalized spacial score (nSPS) is 17.6. The number of aliphatic hydroxyl groups is 1. The number of hydrogen-bond donors (Lipinski definition) is 1. The first kappa shape index (κ1) is 12.2. The quantitative estimate of drug-likeness (QED) is 0.908. The SMILES string of the molecule is CC1Cc2ccccc2N1Cc1cccc(CO)c1. The Kier molecular flexibility index (Phi) is 3.26. The summed E-state index contributed by atoms with van der Waals surface area (Å²) in [7, 11) is 0. The second-order valence-electron chi connectivity index (χ2n) is 5.29. The predicted octanol–water partition coefficient (Wildman–Crippen LogP) is 3.13. The fourth-order valence-electron chi connectivity index (χ4n) is 2.89. The molecule has 1 N–H and O–H groups in total. The second kappa shape index (κ2) is 5.06. The lowest BCUT2D eigenvalue weighted by atomic mass is 10.1. The summed E-state index contributed by atoms with van der Waals surface area (Å²) < 4.78 is 0.